The number of hydrogen-bond donors (Lipinski definition) is 1. The van der Waals surface area contributed by atoms with E-state index in [2.05, 4.69) is 5.32 Å². The monoisotopic (exact) mass is 388 g/mol. The number of hydrogen-bond acceptors (Lipinski definition) is 4. The lowest BCUT2D eigenvalue weighted by atomic mass is 9.89. The van der Waals surface area contributed by atoms with E-state index in [0.29, 0.717) is 25.5 Å². The summed E-state index contributed by atoms with van der Waals surface area (Å²) in [7, 11) is 0. The first-order valence-electron chi connectivity index (χ1n) is 10.1. The zero-order chi connectivity index (χ0) is 20.5. The quantitative estimate of drug-likeness (QED) is 0.864. The van der Waals surface area contributed by atoms with Crippen LogP contribution in [-0.4, -0.2) is 43.0 Å². The molecule has 1 unspecified atom stereocenters. The molecule has 1 atom stereocenters. The van der Waals surface area contributed by atoms with Crippen LogP contribution in [0.4, 0.5) is 0 Å². The predicted octanol–water partition coefficient (Wildman–Crippen LogP) is 3.09. The summed E-state index contributed by atoms with van der Waals surface area (Å²) in [5.41, 5.74) is -0.0185. The number of carbonyl (C=O) groups is 2. The molecule has 0 bridgehead atoms. The number of likely N-dealkylation sites (tertiary alicyclic amines) is 1. The second kappa shape index (κ2) is 7.64. The molecule has 28 heavy (non-hydrogen) atoms. The summed E-state index contributed by atoms with van der Waals surface area (Å²) < 4.78 is 11.3. The van der Waals surface area contributed by atoms with Gasteiger partial charge in [-0.1, -0.05) is 26.8 Å². The summed E-state index contributed by atoms with van der Waals surface area (Å²) in [6.45, 7) is 12.0. The van der Waals surface area contributed by atoms with E-state index < -0.39 is 11.0 Å². The zero-order valence-corrected chi connectivity index (χ0v) is 17.6. The van der Waals surface area contributed by atoms with Crippen molar-refractivity contribution in [2.24, 2.45) is 11.3 Å². The molecule has 1 aromatic carbocycles. The van der Waals surface area contributed by atoms with E-state index in [1.54, 1.807) is 0 Å². The third-order valence-corrected chi connectivity index (χ3v) is 5.42. The maximum absolute atomic E-state index is 13.0. The Morgan fingerprint density at radius 3 is 2.43 bits per heavy atom. The van der Waals surface area contributed by atoms with E-state index in [4.69, 9.17) is 9.47 Å². The smallest absolute Gasteiger partial charge is 0.227 e. The second-order valence-electron chi connectivity index (χ2n) is 9.31. The topological polar surface area (TPSA) is 67.9 Å². The fourth-order valence-corrected chi connectivity index (χ4v) is 3.76. The number of amides is 2. The molecule has 0 aromatic heterocycles. The molecule has 0 saturated carbocycles. The average molecular weight is 389 g/mol. The Morgan fingerprint density at radius 1 is 1.07 bits per heavy atom. The molecule has 1 fully saturated rings. The number of piperidine rings is 1. The minimum absolute atomic E-state index is 0.00806. The molecule has 1 N–H and O–H groups in total. The molecule has 3 rings (SSSR count). The average Bonchev–Trinajstić information content (AvgIpc) is 2.66. The molecule has 1 aromatic rings. The van der Waals surface area contributed by atoms with Crippen LogP contribution in [0, 0.1) is 11.3 Å². The molecule has 0 radical (unpaired) electrons. The van der Waals surface area contributed by atoms with Crippen molar-refractivity contribution in [3.8, 4) is 11.5 Å². The van der Waals surface area contributed by atoms with Crippen LogP contribution < -0.4 is 14.8 Å². The summed E-state index contributed by atoms with van der Waals surface area (Å²) in [4.78, 5) is 27.4. The van der Waals surface area contributed by atoms with Crippen LogP contribution in [0.25, 0.3) is 0 Å². The normalized spacial score (nSPS) is 19.9. The van der Waals surface area contributed by atoms with Gasteiger partial charge in [0, 0.05) is 18.5 Å². The van der Waals surface area contributed by atoms with E-state index in [9.17, 15) is 9.59 Å². The van der Waals surface area contributed by atoms with Crippen molar-refractivity contribution in [1.82, 2.24) is 10.2 Å². The number of benzene rings is 1. The standard InChI is InChI=1S/C22H32N2O4/c1-21(2,3)20(26)24-10-6-7-15(14-24)19(25)23-22(4,5)16-8-9-17-18(13-16)28-12-11-27-17/h8-9,13,15H,6-7,10-12,14H2,1-5H3,(H,23,25). The Hall–Kier alpha value is -2.24. The predicted molar refractivity (Wildman–Crippen MR) is 107 cm³/mol. The lowest BCUT2D eigenvalue weighted by Gasteiger charge is -2.37. The van der Waals surface area contributed by atoms with Crippen LogP contribution in [0.2, 0.25) is 0 Å². The lowest BCUT2D eigenvalue weighted by molar-refractivity contribution is -0.143. The highest BCUT2D eigenvalue weighted by atomic mass is 16.6. The van der Waals surface area contributed by atoms with E-state index in [-0.39, 0.29) is 17.7 Å². The Kier molecular flexibility index (Phi) is 5.60. The molecule has 6 heteroatoms. The van der Waals surface area contributed by atoms with Crippen LogP contribution in [0.15, 0.2) is 18.2 Å². The SMILES string of the molecule is CC(C)(C)C(=O)N1CCCC(C(=O)NC(C)(C)c2ccc3c(c2)OCCO3)C1. The van der Waals surface area contributed by atoms with Gasteiger partial charge in [-0.2, -0.15) is 0 Å². The molecule has 2 heterocycles. The number of fused-ring (bicyclic) bond motifs is 1. The van der Waals surface area contributed by atoms with Gasteiger partial charge in [0.2, 0.25) is 11.8 Å². The van der Waals surface area contributed by atoms with E-state index in [1.807, 2.05) is 57.7 Å². The fourth-order valence-electron chi connectivity index (χ4n) is 3.76. The minimum atomic E-state index is -0.552. The van der Waals surface area contributed by atoms with Crippen LogP contribution in [0.3, 0.4) is 0 Å². The number of rotatable bonds is 3. The van der Waals surface area contributed by atoms with E-state index in [1.165, 1.54) is 0 Å². The summed E-state index contributed by atoms with van der Waals surface area (Å²) in [6, 6.07) is 5.79. The van der Waals surface area contributed by atoms with Crippen LogP contribution >= 0.6 is 0 Å². The van der Waals surface area contributed by atoms with Gasteiger partial charge in [-0.05, 0) is 44.4 Å². The maximum atomic E-state index is 13.0. The molecule has 0 aliphatic carbocycles. The van der Waals surface area contributed by atoms with Crippen LogP contribution in [0.5, 0.6) is 11.5 Å². The first-order chi connectivity index (χ1) is 13.1. The van der Waals surface area contributed by atoms with Crippen LogP contribution in [0.1, 0.15) is 53.0 Å². The maximum Gasteiger partial charge on any atom is 0.227 e. The van der Waals surface area contributed by atoms with Gasteiger partial charge in [-0.3, -0.25) is 9.59 Å². The van der Waals surface area contributed by atoms with Crippen molar-refractivity contribution >= 4 is 11.8 Å². The van der Waals surface area contributed by atoms with Crippen molar-refractivity contribution in [3.05, 3.63) is 23.8 Å². The number of carbonyl (C=O) groups excluding carboxylic acids is 2. The molecule has 6 nitrogen and oxygen atoms in total. The van der Waals surface area contributed by atoms with Crippen LogP contribution in [-0.2, 0) is 15.1 Å². The Labute approximate surface area is 167 Å². The molecule has 2 aliphatic rings. The third-order valence-electron chi connectivity index (χ3n) is 5.42. The van der Waals surface area contributed by atoms with Gasteiger partial charge in [-0.25, -0.2) is 0 Å². The second-order valence-corrected chi connectivity index (χ2v) is 9.31. The number of ether oxygens (including phenoxy) is 2. The van der Waals surface area contributed by atoms with Crippen molar-refractivity contribution in [2.45, 2.75) is 53.0 Å². The van der Waals surface area contributed by atoms with E-state index >= 15 is 0 Å². The van der Waals surface area contributed by atoms with Gasteiger partial charge in [0.05, 0.1) is 11.5 Å². The van der Waals surface area contributed by atoms with Gasteiger partial charge in [0.1, 0.15) is 13.2 Å². The molecule has 2 aliphatic heterocycles. The van der Waals surface area contributed by atoms with Crippen molar-refractivity contribution in [3.63, 3.8) is 0 Å². The Balaban J connectivity index is 1.68. The summed E-state index contributed by atoms with van der Waals surface area (Å²) in [6.07, 6.45) is 1.65. The minimum Gasteiger partial charge on any atom is -0.486 e. The number of nitrogens with one attached hydrogen (secondary N) is 1. The van der Waals surface area contributed by atoms with Crippen molar-refractivity contribution < 1.29 is 19.1 Å². The Bertz CT molecular complexity index is 751. The molecule has 1 saturated heterocycles. The Morgan fingerprint density at radius 2 is 1.75 bits per heavy atom. The zero-order valence-electron chi connectivity index (χ0n) is 17.6. The third kappa shape index (κ3) is 4.42. The molecular formula is C22H32N2O4. The lowest BCUT2D eigenvalue weighted by Crippen LogP contribution is -2.51. The van der Waals surface area contributed by atoms with E-state index in [0.717, 1.165) is 30.7 Å². The fraction of sp³-hybridized carbons (Fsp3) is 0.636. The van der Waals surface area contributed by atoms with Gasteiger partial charge in [-0.15, -0.1) is 0 Å². The highest BCUT2D eigenvalue weighted by Crippen LogP contribution is 2.34. The molecule has 0 spiro atoms. The largest absolute Gasteiger partial charge is 0.486 e. The first-order valence-corrected chi connectivity index (χ1v) is 10.1. The molecule has 2 amide bonds. The first kappa shape index (κ1) is 20.5. The summed E-state index contributed by atoms with van der Waals surface area (Å²) in [5.74, 6) is 1.37. The van der Waals surface area contributed by atoms with Gasteiger partial charge >= 0.3 is 0 Å². The summed E-state index contributed by atoms with van der Waals surface area (Å²) in [5, 5.41) is 3.17. The summed E-state index contributed by atoms with van der Waals surface area (Å²) >= 11 is 0. The van der Waals surface area contributed by atoms with Gasteiger partial charge < -0.3 is 19.7 Å². The number of nitrogens with zero attached hydrogens (tertiary/aromatic N) is 1. The molecule has 154 valence electrons. The van der Waals surface area contributed by atoms with Crippen molar-refractivity contribution in [2.75, 3.05) is 26.3 Å². The van der Waals surface area contributed by atoms with Gasteiger partial charge in [0.15, 0.2) is 11.5 Å². The van der Waals surface area contributed by atoms with Crippen molar-refractivity contribution in [1.29, 1.82) is 0 Å². The molecular weight excluding hydrogens is 356 g/mol. The highest BCUT2D eigenvalue weighted by Gasteiger charge is 2.35. The van der Waals surface area contributed by atoms with Gasteiger partial charge in [0.25, 0.3) is 0 Å². The highest BCUT2D eigenvalue weighted by molar-refractivity contribution is 5.84.